The zero-order valence-electron chi connectivity index (χ0n) is 25.4. The first-order valence-electron chi connectivity index (χ1n) is 14.3. The third kappa shape index (κ3) is 10.1. The largest absolute Gasteiger partial charge is 0.481 e. The summed E-state index contributed by atoms with van der Waals surface area (Å²) in [6.07, 6.45) is 5.49. The molecule has 0 saturated heterocycles. The number of aryl methyl sites for hydroxylation is 1. The van der Waals surface area contributed by atoms with Crippen LogP contribution in [-0.2, 0) is 26.3 Å². The van der Waals surface area contributed by atoms with Crippen molar-refractivity contribution in [2.45, 2.75) is 104 Å². The highest BCUT2D eigenvalue weighted by atomic mass is 16.6. The van der Waals surface area contributed by atoms with Crippen LogP contribution in [0, 0.1) is 6.92 Å². The van der Waals surface area contributed by atoms with Crippen LogP contribution in [0.25, 0.3) is 0 Å². The Kier molecular flexibility index (Phi) is 12.6. The van der Waals surface area contributed by atoms with Gasteiger partial charge in [-0.1, -0.05) is 57.8 Å². The Morgan fingerprint density at radius 2 is 1.85 bits per heavy atom. The van der Waals surface area contributed by atoms with Crippen molar-refractivity contribution in [1.29, 1.82) is 0 Å². The molecule has 0 aliphatic carbocycles. The molecule has 2 heterocycles. The Morgan fingerprint density at radius 1 is 1.15 bits per heavy atom. The summed E-state index contributed by atoms with van der Waals surface area (Å²) in [7, 11) is 1.88. The number of nitrogens with one attached hydrogen (secondary N) is 3. The molecule has 3 atom stereocenters. The van der Waals surface area contributed by atoms with Gasteiger partial charge in [-0.2, -0.15) is 0 Å². The van der Waals surface area contributed by atoms with Crippen molar-refractivity contribution in [3.05, 3.63) is 33.6 Å². The summed E-state index contributed by atoms with van der Waals surface area (Å²) in [4.78, 5) is 57.2. The number of carbonyl (C=O) groups excluding carboxylic acids is 2. The number of ketones is 1. The van der Waals surface area contributed by atoms with Gasteiger partial charge in [-0.15, -0.1) is 0 Å². The van der Waals surface area contributed by atoms with Gasteiger partial charge < -0.3 is 20.6 Å². The van der Waals surface area contributed by atoms with Crippen molar-refractivity contribution in [1.82, 2.24) is 25.2 Å². The smallest absolute Gasteiger partial charge is 0.305 e. The number of nitrogens with zero attached hydrogens (tertiary/aromatic N) is 4. The summed E-state index contributed by atoms with van der Waals surface area (Å²) < 4.78 is 6.02. The van der Waals surface area contributed by atoms with Crippen LogP contribution in [0.15, 0.2) is 15.6 Å². The molecule has 1 amide bonds. The van der Waals surface area contributed by atoms with E-state index in [-0.39, 0.29) is 31.1 Å². The average Bonchev–Trinajstić information content (AvgIpc) is 3.30. The summed E-state index contributed by atoms with van der Waals surface area (Å²) in [6, 6.07) is -2.20. The molecule has 41 heavy (non-hydrogen) atoms. The second-order valence-corrected chi connectivity index (χ2v) is 11.6. The quantitative estimate of drug-likeness (QED) is 0.202. The predicted molar refractivity (Wildman–Crippen MR) is 153 cm³/mol. The number of anilines is 1. The maximum absolute atomic E-state index is 13.5. The minimum absolute atomic E-state index is 0.0255. The number of aliphatic carboxylic acids is 1. The van der Waals surface area contributed by atoms with E-state index in [4.69, 9.17) is 4.63 Å². The topological polar surface area (TPSA) is 174 Å². The van der Waals surface area contributed by atoms with Gasteiger partial charge >= 0.3 is 5.97 Å². The Bertz CT molecular complexity index is 1230. The molecule has 2 rings (SSSR count). The van der Waals surface area contributed by atoms with Gasteiger partial charge in [0.1, 0.15) is 30.0 Å². The van der Waals surface area contributed by atoms with E-state index in [1.807, 2.05) is 27.8 Å². The standard InChI is InChI=1S/C28H45N7O6/c1-8-10-11-12-13-34(7)16-22(36)19(14-24(37)38)30-26(39)21(9-2)35-17-23(28(4,5)6)31-25(27(35)40)29-15-20-18(3)32-41-33-20/h17,19,21H,8-16H2,1-7H3,(H,29,31)(H,30,39)(H,37,38)/p+1. The molecule has 0 bridgehead atoms. The molecule has 2 aromatic rings. The van der Waals surface area contributed by atoms with Crippen molar-refractivity contribution in [2.75, 3.05) is 25.5 Å². The van der Waals surface area contributed by atoms with Crippen molar-refractivity contribution >= 4 is 23.5 Å². The van der Waals surface area contributed by atoms with Gasteiger partial charge in [0.15, 0.2) is 5.82 Å². The van der Waals surface area contributed by atoms with E-state index in [0.29, 0.717) is 17.1 Å². The molecule has 0 aromatic carbocycles. The summed E-state index contributed by atoms with van der Waals surface area (Å²) in [6.45, 7) is 12.4. The molecule has 13 heteroatoms. The second-order valence-electron chi connectivity index (χ2n) is 11.6. The lowest BCUT2D eigenvalue weighted by atomic mass is 9.92. The van der Waals surface area contributed by atoms with E-state index in [1.54, 1.807) is 20.0 Å². The average molecular weight is 577 g/mol. The number of Topliss-reactive ketones (excluding diaryl/α,β-unsaturated/α-hetero) is 1. The van der Waals surface area contributed by atoms with Gasteiger partial charge in [-0.05, 0) is 26.2 Å². The molecule has 0 radical (unpaired) electrons. The predicted octanol–water partition coefficient (Wildman–Crippen LogP) is 1.42. The Morgan fingerprint density at radius 3 is 2.41 bits per heavy atom. The van der Waals surface area contributed by atoms with Crippen LogP contribution in [0.1, 0.15) is 96.3 Å². The van der Waals surface area contributed by atoms with Crippen LogP contribution in [0.4, 0.5) is 5.82 Å². The molecule has 4 N–H and O–H groups in total. The van der Waals surface area contributed by atoms with Gasteiger partial charge in [0, 0.05) is 11.6 Å². The fraction of sp³-hybridized carbons (Fsp3) is 0.679. The summed E-state index contributed by atoms with van der Waals surface area (Å²) in [5, 5.41) is 22.6. The number of unbranched alkanes of at least 4 members (excludes halogenated alkanes) is 3. The first kappa shape index (κ1) is 33.6. The minimum atomic E-state index is -1.21. The highest BCUT2D eigenvalue weighted by Gasteiger charge is 2.31. The molecule has 0 spiro atoms. The lowest BCUT2D eigenvalue weighted by Crippen LogP contribution is -3.10. The molecule has 2 aromatic heterocycles. The van der Waals surface area contributed by atoms with E-state index < -0.39 is 41.4 Å². The molecule has 0 aliphatic rings. The third-order valence-electron chi connectivity index (χ3n) is 6.91. The van der Waals surface area contributed by atoms with Crippen molar-refractivity contribution in [3.8, 4) is 0 Å². The fourth-order valence-electron chi connectivity index (χ4n) is 4.35. The molecule has 228 valence electrons. The van der Waals surface area contributed by atoms with Gasteiger partial charge in [0.2, 0.25) is 11.7 Å². The first-order chi connectivity index (χ1) is 19.3. The van der Waals surface area contributed by atoms with Gasteiger partial charge in [-0.3, -0.25) is 23.7 Å². The zero-order valence-corrected chi connectivity index (χ0v) is 25.4. The normalized spacial score (nSPS) is 13.8. The first-order valence-corrected chi connectivity index (χ1v) is 14.3. The number of carboxylic acids is 1. The van der Waals surface area contributed by atoms with Crippen LogP contribution in [0.3, 0.4) is 0 Å². The number of likely N-dealkylation sites (N-methyl/N-ethyl adjacent to an activating group) is 1. The minimum Gasteiger partial charge on any atom is -0.481 e. The van der Waals surface area contributed by atoms with Crippen molar-refractivity contribution < 1.29 is 29.0 Å². The number of hydrogen-bond acceptors (Lipinski definition) is 9. The Hall–Kier alpha value is -3.61. The summed E-state index contributed by atoms with van der Waals surface area (Å²) in [5.41, 5.74) is 0.645. The monoisotopic (exact) mass is 576 g/mol. The zero-order chi connectivity index (χ0) is 30.7. The van der Waals surface area contributed by atoms with Crippen LogP contribution >= 0.6 is 0 Å². The van der Waals surface area contributed by atoms with E-state index in [9.17, 15) is 24.3 Å². The van der Waals surface area contributed by atoms with Crippen LogP contribution in [0.2, 0.25) is 0 Å². The maximum atomic E-state index is 13.5. The number of quaternary nitrogens is 1. The van der Waals surface area contributed by atoms with E-state index >= 15 is 0 Å². The highest BCUT2D eigenvalue weighted by Crippen LogP contribution is 2.22. The Labute approximate surface area is 241 Å². The third-order valence-corrected chi connectivity index (χ3v) is 6.91. The van der Waals surface area contributed by atoms with E-state index in [0.717, 1.165) is 37.1 Å². The molecular formula is C28H46N7O6+. The molecule has 0 saturated carbocycles. The van der Waals surface area contributed by atoms with Crippen molar-refractivity contribution in [3.63, 3.8) is 0 Å². The van der Waals surface area contributed by atoms with Crippen LogP contribution in [-0.4, -0.2) is 68.8 Å². The molecule has 3 unspecified atom stereocenters. The number of carbonyl (C=O) groups is 3. The van der Waals surface area contributed by atoms with Crippen LogP contribution < -0.4 is 21.1 Å². The second kappa shape index (κ2) is 15.4. The number of aromatic nitrogens is 4. The maximum Gasteiger partial charge on any atom is 0.305 e. The molecule has 13 nitrogen and oxygen atoms in total. The number of rotatable bonds is 17. The molecular weight excluding hydrogens is 530 g/mol. The van der Waals surface area contributed by atoms with Crippen molar-refractivity contribution in [2.24, 2.45) is 0 Å². The Balaban J connectivity index is 2.31. The molecule has 0 fully saturated rings. The number of carboxylic acid groups (broad SMARTS) is 1. The highest BCUT2D eigenvalue weighted by molar-refractivity contribution is 5.93. The number of amides is 1. The summed E-state index contributed by atoms with van der Waals surface area (Å²) >= 11 is 0. The van der Waals surface area contributed by atoms with Crippen LogP contribution in [0.5, 0.6) is 0 Å². The molecule has 0 aliphatic heterocycles. The fourth-order valence-corrected chi connectivity index (χ4v) is 4.35. The SMILES string of the molecule is CCCCCC[NH+](C)CC(=O)C(CC(=O)O)NC(=O)C(CC)n1cc(C(C)(C)C)nc(NCc2nonc2C)c1=O. The lowest BCUT2D eigenvalue weighted by Gasteiger charge is -2.25. The summed E-state index contributed by atoms with van der Waals surface area (Å²) in [5.74, 6) is -2.14. The lowest BCUT2D eigenvalue weighted by molar-refractivity contribution is -0.871. The van der Waals surface area contributed by atoms with Gasteiger partial charge in [-0.25, -0.2) is 9.61 Å². The van der Waals surface area contributed by atoms with E-state index in [1.165, 1.54) is 4.57 Å². The van der Waals surface area contributed by atoms with Gasteiger partial charge in [0.05, 0.1) is 32.3 Å². The van der Waals surface area contributed by atoms with E-state index in [2.05, 4.69) is 32.9 Å². The number of hydrogen-bond donors (Lipinski definition) is 4. The van der Waals surface area contributed by atoms with Gasteiger partial charge in [0.25, 0.3) is 5.56 Å².